The van der Waals surface area contributed by atoms with Crippen LogP contribution in [0, 0.1) is 0 Å². The lowest BCUT2D eigenvalue weighted by Gasteiger charge is -2.36. The minimum absolute atomic E-state index is 0.825. The molecule has 0 aromatic carbocycles. The van der Waals surface area contributed by atoms with Crippen molar-refractivity contribution in [3.8, 4) is 0 Å². The summed E-state index contributed by atoms with van der Waals surface area (Å²) in [4.78, 5) is 0. The van der Waals surface area contributed by atoms with Crippen molar-refractivity contribution in [2.75, 3.05) is 13.2 Å². The van der Waals surface area contributed by atoms with Crippen LogP contribution < -0.4 is 0 Å². The molecule has 3 heteroatoms. The largest absolute Gasteiger partial charge is 0.372 e. The highest BCUT2D eigenvalue weighted by atomic mass is 28.3. The summed E-state index contributed by atoms with van der Waals surface area (Å²) in [6.07, 6.45) is 7.19. The van der Waals surface area contributed by atoms with Crippen LogP contribution in [-0.2, 0) is 4.74 Å². The van der Waals surface area contributed by atoms with Crippen molar-refractivity contribution < 1.29 is 4.74 Å². The van der Waals surface area contributed by atoms with Gasteiger partial charge in [0.15, 0.2) is 0 Å². The zero-order chi connectivity index (χ0) is 22.0. The predicted octanol–water partition coefficient (Wildman–Crippen LogP) is 8.39. The van der Waals surface area contributed by atoms with Crippen LogP contribution in [0.3, 0.4) is 0 Å². The van der Waals surface area contributed by atoms with Crippen LogP contribution >= 0.6 is 0 Å². The van der Waals surface area contributed by atoms with Crippen molar-refractivity contribution >= 4 is 16.1 Å². The third-order valence-corrected chi connectivity index (χ3v) is 10.6. The van der Waals surface area contributed by atoms with Gasteiger partial charge in [0.25, 0.3) is 0 Å². The van der Waals surface area contributed by atoms with Crippen molar-refractivity contribution in [3.63, 3.8) is 0 Å². The number of rotatable bonds is 8. The Morgan fingerprint density at radius 3 is 1.38 bits per heavy atom. The molecule has 0 radical (unpaired) electrons. The summed E-state index contributed by atoms with van der Waals surface area (Å²) >= 11 is 0. The quantitative estimate of drug-likeness (QED) is 0.351. The summed E-state index contributed by atoms with van der Waals surface area (Å²) in [6, 6.07) is 0. The Kier molecular flexibility index (Phi) is 8.20. The first kappa shape index (κ1) is 24.6. The van der Waals surface area contributed by atoms with E-state index in [-0.39, 0.29) is 0 Å². The van der Waals surface area contributed by atoms with Gasteiger partial charge >= 0.3 is 0 Å². The van der Waals surface area contributed by atoms with Gasteiger partial charge in [-0.3, -0.25) is 0 Å². The zero-order valence-corrected chi connectivity index (χ0v) is 23.1. The van der Waals surface area contributed by atoms with Gasteiger partial charge in [-0.05, 0) is 59.1 Å². The first-order valence-electron chi connectivity index (χ1n) is 12.0. The van der Waals surface area contributed by atoms with Crippen LogP contribution in [0.25, 0.3) is 0 Å². The average Bonchev–Trinajstić information content (AvgIpc) is 3.04. The Hall–Kier alpha value is -0.646. The predicted molar refractivity (Wildman–Crippen MR) is 136 cm³/mol. The maximum absolute atomic E-state index is 6.22. The second-order valence-electron chi connectivity index (χ2n) is 10.8. The van der Waals surface area contributed by atoms with Gasteiger partial charge in [0.1, 0.15) is 0 Å². The van der Waals surface area contributed by atoms with Crippen molar-refractivity contribution in [2.24, 2.45) is 0 Å². The van der Waals surface area contributed by atoms with Crippen molar-refractivity contribution in [3.05, 3.63) is 43.8 Å². The highest BCUT2D eigenvalue weighted by Gasteiger charge is 2.38. The van der Waals surface area contributed by atoms with E-state index in [0.29, 0.717) is 0 Å². The first-order chi connectivity index (χ1) is 13.5. The van der Waals surface area contributed by atoms with Gasteiger partial charge in [0, 0.05) is 0 Å². The molecule has 0 spiro atoms. The summed E-state index contributed by atoms with van der Waals surface area (Å²) < 4.78 is 6.22. The Morgan fingerprint density at radius 2 is 1.00 bits per heavy atom. The smallest absolute Gasteiger partial charge is 0.0784 e. The summed E-state index contributed by atoms with van der Waals surface area (Å²) in [6.45, 7) is 26.4. The molecule has 1 fully saturated rings. The van der Waals surface area contributed by atoms with Gasteiger partial charge in [-0.2, -0.15) is 0 Å². The van der Waals surface area contributed by atoms with E-state index in [1.807, 2.05) is 0 Å². The molecule has 2 rings (SSSR count). The Balaban J connectivity index is 3.11. The normalized spacial score (nSPS) is 29.2. The molecular weight excluding hydrogens is 384 g/mol. The fourth-order valence-electron chi connectivity index (χ4n) is 5.61. The molecule has 0 N–H and O–H groups in total. The first-order valence-corrected chi connectivity index (χ1v) is 19.0. The molecule has 2 aliphatic rings. The van der Waals surface area contributed by atoms with E-state index in [1.165, 1.54) is 25.7 Å². The SMILES string of the molecule is CCCC1=C(CCC)/C([Si](C)(C)C)=C2/COC/C2=C([Si](C)(C)C)/C(CC)=C\1CC. The Morgan fingerprint density at radius 1 is 0.586 bits per heavy atom. The molecule has 0 aromatic rings. The average molecular weight is 431 g/mol. The summed E-state index contributed by atoms with van der Waals surface area (Å²) in [5, 5.41) is 3.47. The second-order valence-corrected chi connectivity index (χ2v) is 20.8. The number of allylic oxidation sites excluding steroid dienone is 6. The third-order valence-electron chi connectivity index (χ3n) is 6.36. The topological polar surface area (TPSA) is 9.23 Å². The fourth-order valence-corrected chi connectivity index (χ4v) is 10.3. The van der Waals surface area contributed by atoms with Crippen LogP contribution in [0.5, 0.6) is 0 Å². The number of fused-ring (bicyclic) bond motifs is 1. The van der Waals surface area contributed by atoms with E-state index in [9.17, 15) is 0 Å². The van der Waals surface area contributed by atoms with E-state index >= 15 is 0 Å². The van der Waals surface area contributed by atoms with Crippen molar-refractivity contribution in [2.45, 2.75) is 106 Å². The maximum atomic E-state index is 6.22. The van der Waals surface area contributed by atoms with Crippen LogP contribution in [0.1, 0.15) is 66.2 Å². The van der Waals surface area contributed by atoms with E-state index in [4.69, 9.17) is 4.74 Å². The number of hydrogen-bond acceptors (Lipinski definition) is 1. The van der Waals surface area contributed by atoms with Crippen LogP contribution in [0.2, 0.25) is 39.3 Å². The van der Waals surface area contributed by atoms with Crippen LogP contribution in [0.15, 0.2) is 43.8 Å². The molecule has 0 saturated carbocycles. The maximum Gasteiger partial charge on any atom is 0.0784 e. The third kappa shape index (κ3) is 4.99. The lowest BCUT2D eigenvalue weighted by molar-refractivity contribution is 0.214. The minimum Gasteiger partial charge on any atom is -0.372 e. The van der Waals surface area contributed by atoms with Crippen LogP contribution in [-0.4, -0.2) is 29.4 Å². The van der Waals surface area contributed by atoms with Crippen molar-refractivity contribution in [1.82, 2.24) is 0 Å². The Bertz CT molecular complexity index is 749. The molecule has 1 heterocycles. The lowest BCUT2D eigenvalue weighted by Crippen LogP contribution is -2.32. The molecule has 1 aliphatic carbocycles. The van der Waals surface area contributed by atoms with E-state index < -0.39 is 16.1 Å². The molecule has 1 nitrogen and oxygen atoms in total. The van der Waals surface area contributed by atoms with Gasteiger partial charge in [-0.1, -0.05) is 90.2 Å². The van der Waals surface area contributed by atoms with Gasteiger partial charge in [0.2, 0.25) is 0 Å². The molecule has 29 heavy (non-hydrogen) atoms. The number of hydrogen-bond donors (Lipinski definition) is 0. The highest BCUT2D eigenvalue weighted by molar-refractivity contribution is 6.85. The summed E-state index contributed by atoms with van der Waals surface area (Å²) in [5.74, 6) is 0. The van der Waals surface area contributed by atoms with Gasteiger partial charge < -0.3 is 4.74 Å². The summed E-state index contributed by atoms with van der Waals surface area (Å²) in [5.41, 5.74) is 9.97. The van der Waals surface area contributed by atoms with E-state index in [2.05, 4.69) is 67.0 Å². The molecule has 164 valence electrons. The van der Waals surface area contributed by atoms with Gasteiger partial charge in [0.05, 0.1) is 29.4 Å². The standard InChI is InChI=1S/C26H46OSi2/c1-11-15-21-19(13-3)20(14-4)25(28(5,6)7)23-17-27-18-24(23)26(29(8,9)10)22(21)16-12-2/h11-18H2,1-10H3/b20-19-,21-19?,22-21-,25-20?,25-23+,26-22?,26-24+. The molecular formula is C26H46OSi2. The zero-order valence-electron chi connectivity index (χ0n) is 21.1. The fraction of sp³-hybridized carbons (Fsp3) is 0.692. The molecule has 1 aliphatic heterocycles. The molecule has 0 amide bonds. The van der Waals surface area contributed by atoms with Gasteiger partial charge in [-0.15, -0.1) is 0 Å². The van der Waals surface area contributed by atoms with E-state index in [1.54, 1.807) is 43.8 Å². The Labute approximate surface area is 183 Å². The molecule has 0 unspecified atom stereocenters. The monoisotopic (exact) mass is 430 g/mol. The van der Waals surface area contributed by atoms with Gasteiger partial charge in [-0.25, -0.2) is 0 Å². The molecule has 0 bridgehead atoms. The highest BCUT2D eigenvalue weighted by Crippen LogP contribution is 2.46. The number of ether oxygens (including phenoxy) is 1. The van der Waals surface area contributed by atoms with Crippen LogP contribution in [0.4, 0.5) is 0 Å². The van der Waals surface area contributed by atoms with Crippen molar-refractivity contribution in [1.29, 1.82) is 0 Å². The van der Waals surface area contributed by atoms with E-state index in [0.717, 1.165) is 26.1 Å². The summed E-state index contributed by atoms with van der Waals surface area (Å²) in [7, 11) is -3.05. The molecule has 1 saturated heterocycles. The lowest BCUT2D eigenvalue weighted by atomic mass is 9.83. The molecule has 0 aromatic heterocycles. The molecule has 0 atom stereocenters. The minimum atomic E-state index is -1.53. The second kappa shape index (κ2) is 9.66.